The van der Waals surface area contributed by atoms with Gasteiger partial charge in [-0.2, -0.15) is 0 Å². The first-order valence-corrected chi connectivity index (χ1v) is 6.10. The maximum absolute atomic E-state index is 6.13. The molecule has 1 unspecified atom stereocenters. The van der Waals surface area contributed by atoms with Crippen LogP contribution in [0.4, 0.5) is 5.82 Å². The third-order valence-electron chi connectivity index (χ3n) is 2.93. The minimum absolute atomic E-state index is 0.392. The van der Waals surface area contributed by atoms with E-state index in [1.54, 1.807) is 0 Å². The van der Waals surface area contributed by atoms with E-state index >= 15 is 0 Å². The Labute approximate surface area is 104 Å². The molecule has 17 heavy (non-hydrogen) atoms. The summed E-state index contributed by atoms with van der Waals surface area (Å²) in [6, 6.07) is 8.13. The molecule has 0 amide bonds. The van der Waals surface area contributed by atoms with E-state index in [0.717, 1.165) is 30.5 Å². The molecule has 88 valence electrons. The van der Waals surface area contributed by atoms with Gasteiger partial charge in [0.2, 0.25) is 0 Å². The van der Waals surface area contributed by atoms with Crippen LogP contribution in [0, 0.1) is 0 Å². The zero-order chi connectivity index (χ0) is 11.7. The van der Waals surface area contributed by atoms with Crippen LogP contribution in [0.5, 0.6) is 0 Å². The summed E-state index contributed by atoms with van der Waals surface area (Å²) in [5.41, 5.74) is 1.69. The lowest BCUT2D eigenvalue weighted by Gasteiger charge is -2.13. The highest BCUT2D eigenvalue weighted by Crippen LogP contribution is 2.22. The Bertz CT molecular complexity index is 537. The average Bonchev–Trinajstić information content (AvgIpc) is 2.83. The molecule has 1 aromatic heterocycles. The summed E-state index contributed by atoms with van der Waals surface area (Å²) in [6.07, 6.45) is 1.09. The molecule has 4 nitrogen and oxygen atoms in total. The molecule has 3 rings (SSSR count). The summed E-state index contributed by atoms with van der Waals surface area (Å²) in [7, 11) is 0. The second-order valence-electron chi connectivity index (χ2n) is 4.19. The molecule has 1 saturated heterocycles. The van der Waals surface area contributed by atoms with Crippen molar-refractivity contribution in [3.05, 3.63) is 29.4 Å². The zero-order valence-electron chi connectivity index (χ0n) is 9.28. The minimum Gasteiger partial charge on any atom is -0.363 e. The van der Waals surface area contributed by atoms with Crippen LogP contribution in [0.15, 0.2) is 24.3 Å². The van der Waals surface area contributed by atoms with Crippen molar-refractivity contribution in [2.24, 2.45) is 0 Å². The van der Waals surface area contributed by atoms with Gasteiger partial charge in [0.15, 0.2) is 11.0 Å². The van der Waals surface area contributed by atoms with Gasteiger partial charge in [0.1, 0.15) is 0 Å². The Morgan fingerprint density at radius 2 is 2.00 bits per heavy atom. The quantitative estimate of drug-likeness (QED) is 0.854. The third-order valence-corrected chi connectivity index (χ3v) is 3.19. The summed E-state index contributed by atoms with van der Waals surface area (Å²) in [6.45, 7) is 1.99. The number of nitrogens with one attached hydrogen (secondary N) is 2. The lowest BCUT2D eigenvalue weighted by molar-refractivity contribution is 0.788. The van der Waals surface area contributed by atoms with Crippen LogP contribution in [0.3, 0.4) is 0 Å². The van der Waals surface area contributed by atoms with Gasteiger partial charge in [0.05, 0.1) is 11.0 Å². The number of hydrogen-bond acceptors (Lipinski definition) is 4. The Balaban J connectivity index is 1.95. The number of para-hydroxylation sites is 2. The standard InChI is InChI=1S/C12H13ClN4/c13-11-12(15-8-5-6-14-7-8)17-10-4-2-1-3-9(10)16-11/h1-4,8,14H,5-7H2,(H,15,17). The smallest absolute Gasteiger partial charge is 0.172 e. The van der Waals surface area contributed by atoms with Gasteiger partial charge in [0, 0.05) is 12.6 Å². The number of benzene rings is 1. The molecule has 1 aromatic carbocycles. The molecule has 1 fully saturated rings. The summed E-state index contributed by atoms with van der Waals surface area (Å²) in [4.78, 5) is 8.84. The number of nitrogens with zero attached hydrogens (tertiary/aromatic N) is 2. The number of aromatic nitrogens is 2. The van der Waals surface area contributed by atoms with Crippen molar-refractivity contribution in [2.45, 2.75) is 12.5 Å². The molecule has 0 aliphatic carbocycles. The molecular weight excluding hydrogens is 236 g/mol. The van der Waals surface area contributed by atoms with Crippen LogP contribution in [-0.2, 0) is 0 Å². The lowest BCUT2D eigenvalue weighted by Crippen LogP contribution is -2.23. The molecule has 0 radical (unpaired) electrons. The van der Waals surface area contributed by atoms with Gasteiger partial charge >= 0.3 is 0 Å². The number of hydrogen-bond donors (Lipinski definition) is 2. The van der Waals surface area contributed by atoms with E-state index in [1.165, 1.54) is 0 Å². The Hall–Kier alpha value is -1.39. The highest BCUT2D eigenvalue weighted by atomic mass is 35.5. The number of rotatable bonds is 2. The molecule has 0 saturated carbocycles. The Morgan fingerprint density at radius 1 is 1.24 bits per heavy atom. The predicted octanol–water partition coefficient (Wildman–Crippen LogP) is 2.06. The second-order valence-corrected chi connectivity index (χ2v) is 4.54. The van der Waals surface area contributed by atoms with E-state index < -0.39 is 0 Å². The minimum atomic E-state index is 0.392. The van der Waals surface area contributed by atoms with Crippen LogP contribution in [0.2, 0.25) is 5.15 Å². The number of halogens is 1. The molecule has 1 atom stereocenters. The number of anilines is 1. The van der Waals surface area contributed by atoms with Gasteiger partial charge in [-0.15, -0.1) is 0 Å². The molecule has 5 heteroatoms. The first kappa shape index (κ1) is 10.7. The van der Waals surface area contributed by atoms with E-state index in [-0.39, 0.29) is 0 Å². The van der Waals surface area contributed by atoms with Crippen molar-refractivity contribution < 1.29 is 0 Å². The molecule has 0 spiro atoms. The summed E-state index contributed by atoms with van der Waals surface area (Å²) in [5, 5.41) is 7.07. The van der Waals surface area contributed by atoms with Crippen molar-refractivity contribution in [1.29, 1.82) is 0 Å². The highest BCUT2D eigenvalue weighted by molar-refractivity contribution is 6.32. The fourth-order valence-electron chi connectivity index (χ4n) is 2.04. The first-order chi connectivity index (χ1) is 8.33. The van der Waals surface area contributed by atoms with Crippen LogP contribution >= 0.6 is 11.6 Å². The van der Waals surface area contributed by atoms with E-state index in [0.29, 0.717) is 17.0 Å². The Kier molecular flexibility index (Phi) is 2.82. The largest absolute Gasteiger partial charge is 0.363 e. The van der Waals surface area contributed by atoms with Crippen molar-refractivity contribution in [3.8, 4) is 0 Å². The maximum Gasteiger partial charge on any atom is 0.172 e. The average molecular weight is 249 g/mol. The Morgan fingerprint density at radius 3 is 2.71 bits per heavy atom. The van der Waals surface area contributed by atoms with Crippen molar-refractivity contribution in [2.75, 3.05) is 18.4 Å². The molecule has 1 aliphatic rings. The van der Waals surface area contributed by atoms with Gasteiger partial charge in [-0.1, -0.05) is 23.7 Å². The molecular formula is C12H13ClN4. The van der Waals surface area contributed by atoms with Gasteiger partial charge in [-0.25, -0.2) is 9.97 Å². The molecule has 2 aromatic rings. The molecule has 1 aliphatic heterocycles. The van der Waals surface area contributed by atoms with Crippen molar-refractivity contribution in [1.82, 2.24) is 15.3 Å². The van der Waals surface area contributed by atoms with Gasteiger partial charge in [-0.05, 0) is 25.1 Å². The van der Waals surface area contributed by atoms with Gasteiger partial charge in [-0.3, -0.25) is 0 Å². The van der Waals surface area contributed by atoms with E-state index in [1.807, 2.05) is 24.3 Å². The predicted molar refractivity (Wildman–Crippen MR) is 69.4 cm³/mol. The molecule has 2 N–H and O–H groups in total. The molecule has 0 bridgehead atoms. The lowest BCUT2D eigenvalue weighted by atomic mass is 10.2. The van der Waals surface area contributed by atoms with Gasteiger partial charge in [0.25, 0.3) is 0 Å². The van der Waals surface area contributed by atoms with Crippen LogP contribution in [0.1, 0.15) is 6.42 Å². The van der Waals surface area contributed by atoms with Crippen LogP contribution in [0.25, 0.3) is 11.0 Å². The fourth-order valence-corrected chi connectivity index (χ4v) is 2.23. The monoisotopic (exact) mass is 248 g/mol. The normalized spacial score (nSPS) is 19.7. The second kappa shape index (κ2) is 4.47. The SMILES string of the molecule is Clc1nc2ccccc2nc1NC1CCNC1. The van der Waals surface area contributed by atoms with E-state index in [4.69, 9.17) is 11.6 Å². The number of fused-ring (bicyclic) bond motifs is 1. The third kappa shape index (κ3) is 2.18. The van der Waals surface area contributed by atoms with E-state index in [9.17, 15) is 0 Å². The molecule has 2 heterocycles. The topological polar surface area (TPSA) is 49.8 Å². The van der Waals surface area contributed by atoms with Crippen LogP contribution in [-0.4, -0.2) is 29.1 Å². The summed E-state index contributed by atoms with van der Waals surface area (Å²) >= 11 is 6.13. The van der Waals surface area contributed by atoms with Crippen molar-refractivity contribution >= 4 is 28.5 Å². The highest BCUT2D eigenvalue weighted by Gasteiger charge is 2.16. The fraction of sp³-hybridized carbons (Fsp3) is 0.333. The summed E-state index contributed by atoms with van der Waals surface area (Å²) < 4.78 is 0. The zero-order valence-corrected chi connectivity index (χ0v) is 10.0. The maximum atomic E-state index is 6.13. The van der Waals surface area contributed by atoms with Crippen molar-refractivity contribution in [3.63, 3.8) is 0 Å². The first-order valence-electron chi connectivity index (χ1n) is 5.72. The summed E-state index contributed by atoms with van der Waals surface area (Å²) in [5.74, 6) is 0.680. The van der Waals surface area contributed by atoms with Gasteiger partial charge < -0.3 is 10.6 Å². The van der Waals surface area contributed by atoms with Crippen LogP contribution < -0.4 is 10.6 Å². The van der Waals surface area contributed by atoms with E-state index in [2.05, 4.69) is 20.6 Å².